The van der Waals surface area contributed by atoms with Gasteiger partial charge in [-0.2, -0.15) is 0 Å². The Morgan fingerprint density at radius 3 is 2.50 bits per heavy atom. The second-order valence-corrected chi connectivity index (χ2v) is 5.22. The molecule has 1 aromatic rings. The zero-order chi connectivity index (χ0) is 12.3. The minimum atomic E-state index is -0.113. The summed E-state index contributed by atoms with van der Waals surface area (Å²) in [5.74, 6) is 0.635. The highest BCUT2D eigenvalue weighted by Gasteiger charge is 2.20. The zero-order valence-electron chi connectivity index (χ0n) is 10.8. The van der Waals surface area contributed by atoms with Crippen LogP contribution in [0.1, 0.15) is 32.2 Å². The van der Waals surface area contributed by atoms with Gasteiger partial charge in [0.25, 0.3) is 0 Å². The molecule has 0 aliphatic carbocycles. The summed E-state index contributed by atoms with van der Waals surface area (Å²) in [5, 5.41) is 8.05. The molecule has 0 aliphatic heterocycles. The molecule has 0 fully saturated rings. The summed E-state index contributed by atoms with van der Waals surface area (Å²) in [6.45, 7) is 8.83. The lowest BCUT2D eigenvalue weighted by Crippen LogP contribution is -2.35. The van der Waals surface area contributed by atoms with E-state index in [9.17, 15) is 0 Å². The largest absolute Gasteiger partial charge is 0.357 e. The number of rotatable bonds is 2. The molecule has 3 nitrogen and oxygen atoms in total. The Hall–Kier alpha value is -1.38. The maximum absolute atomic E-state index is 8.05. The molecule has 16 heavy (non-hydrogen) atoms. The molecule has 0 amide bonds. The molecule has 0 unspecified atom stereocenters. The van der Waals surface area contributed by atoms with Gasteiger partial charge in [-0.05, 0) is 19.1 Å². The van der Waals surface area contributed by atoms with E-state index in [4.69, 9.17) is 5.41 Å². The summed E-state index contributed by atoms with van der Waals surface area (Å²) in [6, 6.07) is 5.99. The van der Waals surface area contributed by atoms with Crippen LogP contribution < -0.4 is 0 Å². The third-order valence-corrected chi connectivity index (χ3v) is 2.44. The Morgan fingerprint density at radius 2 is 2.00 bits per heavy atom. The summed E-state index contributed by atoms with van der Waals surface area (Å²) < 4.78 is 0. The molecular formula is C13H21N3. The average Bonchev–Trinajstić information content (AvgIpc) is 2.15. The van der Waals surface area contributed by atoms with Gasteiger partial charge in [-0.25, -0.2) is 0 Å². The molecule has 0 bridgehead atoms. The van der Waals surface area contributed by atoms with Gasteiger partial charge >= 0.3 is 0 Å². The molecule has 0 saturated carbocycles. The van der Waals surface area contributed by atoms with Crippen molar-refractivity contribution in [1.29, 1.82) is 5.41 Å². The van der Waals surface area contributed by atoms with Crippen LogP contribution in [0, 0.1) is 17.7 Å². The number of hydrogen-bond acceptors (Lipinski definition) is 2. The lowest BCUT2D eigenvalue weighted by atomic mass is 9.94. The molecule has 0 saturated heterocycles. The molecule has 0 aromatic carbocycles. The Morgan fingerprint density at radius 1 is 1.38 bits per heavy atom. The van der Waals surface area contributed by atoms with Crippen LogP contribution in [0.15, 0.2) is 18.2 Å². The lowest BCUT2D eigenvalue weighted by Gasteiger charge is -2.29. The van der Waals surface area contributed by atoms with Gasteiger partial charge in [-0.3, -0.25) is 10.4 Å². The van der Waals surface area contributed by atoms with Crippen molar-refractivity contribution in [3.8, 4) is 0 Å². The van der Waals surface area contributed by atoms with E-state index in [0.717, 1.165) is 11.4 Å². The highest BCUT2D eigenvalue weighted by Crippen LogP contribution is 2.17. The molecule has 1 N–H and O–H groups in total. The Labute approximate surface area is 98.0 Å². The van der Waals surface area contributed by atoms with Crippen molar-refractivity contribution in [2.75, 3.05) is 7.05 Å². The Balaban J connectivity index is 2.72. The first kappa shape index (κ1) is 12.7. The van der Waals surface area contributed by atoms with Gasteiger partial charge < -0.3 is 4.90 Å². The van der Waals surface area contributed by atoms with Gasteiger partial charge in [-0.15, -0.1) is 0 Å². The summed E-state index contributed by atoms with van der Waals surface area (Å²) >= 11 is 0. The fourth-order valence-corrected chi connectivity index (χ4v) is 1.58. The Bertz CT molecular complexity index is 377. The minimum absolute atomic E-state index is 0.113. The van der Waals surface area contributed by atoms with E-state index < -0.39 is 0 Å². The van der Waals surface area contributed by atoms with Gasteiger partial charge in [0.15, 0.2) is 0 Å². The highest BCUT2D eigenvalue weighted by atomic mass is 15.2. The normalized spacial score (nSPS) is 11.3. The average molecular weight is 219 g/mol. The summed E-state index contributed by atoms with van der Waals surface area (Å²) in [7, 11) is 1.94. The summed E-state index contributed by atoms with van der Waals surface area (Å²) in [4.78, 5) is 6.39. The van der Waals surface area contributed by atoms with Crippen molar-refractivity contribution < 1.29 is 0 Å². The second kappa shape index (κ2) is 4.64. The van der Waals surface area contributed by atoms with Crippen molar-refractivity contribution >= 4 is 5.84 Å². The van der Waals surface area contributed by atoms with Gasteiger partial charge in [0.1, 0.15) is 5.84 Å². The first-order chi connectivity index (χ1) is 7.30. The van der Waals surface area contributed by atoms with Crippen LogP contribution in [0.3, 0.4) is 0 Å². The molecule has 0 radical (unpaired) electrons. The van der Waals surface area contributed by atoms with Crippen molar-refractivity contribution in [3.63, 3.8) is 0 Å². The predicted octanol–water partition coefficient (Wildman–Crippen LogP) is 2.85. The minimum Gasteiger partial charge on any atom is -0.357 e. The number of hydrogen-bond donors (Lipinski definition) is 1. The predicted molar refractivity (Wildman–Crippen MR) is 67.6 cm³/mol. The maximum Gasteiger partial charge on any atom is 0.101 e. The summed E-state index contributed by atoms with van der Waals surface area (Å²) in [6.07, 6.45) is 0. The van der Waals surface area contributed by atoms with Crippen LogP contribution in [0.2, 0.25) is 0 Å². The quantitative estimate of drug-likeness (QED) is 0.613. The molecule has 0 atom stereocenters. The van der Waals surface area contributed by atoms with E-state index in [0.29, 0.717) is 12.4 Å². The smallest absolute Gasteiger partial charge is 0.101 e. The van der Waals surface area contributed by atoms with E-state index in [-0.39, 0.29) is 5.41 Å². The van der Waals surface area contributed by atoms with Crippen LogP contribution in [0.4, 0.5) is 0 Å². The van der Waals surface area contributed by atoms with Crippen molar-refractivity contribution in [3.05, 3.63) is 29.6 Å². The standard InChI is InChI=1S/C13H21N3/c1-10-7-6-8-11(15-10)9-16(5)12(14)13(2,3)4/h6-8,14H,9H2,1-5H3. The lowest BCUT2D eigenvalue weighted by molar-refractivity contribution is 0.413. The number of pyridine rings is 1. The van der Waals surface area contributed by atoms with E-state index in [1.165, 1.54) is 0 Å². The third-order valence-electron chi connectivity index (χ3n) is 2.44. The number of nitrogens with zero attached hydrogens (tertiary/aromatic N) is 2. The monoisotopic (exact) mass is 219 g/mol. The molecule has 1 aromatic heterocycles. The molecule has 88 valence electrons. The van der Waals surface area contributed by atoms with Crippen LogP contribution >= 0.6 is 0 Å². The van der Waals surface area contributed by atoms with Gasteiger partial charge in [-0.1, -0.05) is 26.8 Å². The molecule has 1 heterocycles. The molecular weight excluding hydrogens is 198 g/mol. The zero-order valence-corrected chi connectivity index (χ0v) is 10.8. The van der Waals surface area contributed by atoms with Crippen LogP contribution in [0.5, 0.6) is 0 Å². The van der Waals surface area contributed by atoms with Crippen LogP contribution in [-0.2, 0) is 6.54 Å². The SMILES string of the molecule is Cc1cccc(CN(C)C(=N)C(C)(C)C)n1. The molecule has 3 heteroatoms. The van der Waals surface area contributed by atoms with Crippen LogP contribution in [0.25, 0.3) is 0 Å². The molecule has 1 rings (SSSR count). The van der Waals surface area contributed by atoms with Gasteiger partial charge in [0, 0.05) is 18.2 Å². The van der Waals surface area contributed by atoms with Crippen molar-refractivity contribution in [2.45, 2.75) is 34.2 Å². The third kappa shape index (κ3) is 3.33. The first-order valence-corrected chi connectivity index (χ1v) is 5.53. The maximum atomic E-state index is 8.05. The number of aromatic nitrogens is 1. The van der Waals surface area contributed by atoms with Gasteiger partial charge in [0.05, 0.1) is 12.2 Å². The Kier molecular flexibility index (Phi) is 3.68. The fraction of sp³-hybridized carbons (Fsp3) is 0.538. The number of aryl methyl sites for hydroxylation is 1. The first-order valence-electron chi connectivity index (χ1n) is 5.53. The van der Waals surface area contributed by atoms with Gasteiger partial charge in [0.2, 0.25) is 0 Å². The van der Waals surface area contributed by atoms with E-state index in [1.807, 2.05) is 37.1 Å². The fourth-order valence-electron chi connectivity index (χ4n) is 1.58. The van der Waals surface area contributed by atoms with E-state index >= 15 is 0 Å². The molecule has 0 spiro atoms. The van der Waals surface area contributed by atoms with E-state index in [2.05, 4.69) is 25.8 Å². The van der Waals surface area contributed by atoms with E-state index in [1.54, 1.807) is 0 Å². The van der Waals surface area contributed by atoms with Crippen molar-refractivity contribution in [1.82, 2.24) is 9.88 Å². The topological polar surface area (TPSA) is 40.0 Å². The van der Waals surface area contributed by atoms with Crippen molar-refractivity contribution in [2.24, 2.45) is 5.41 Å². The number of amidine groups is 1. The summed E-state index contributed by atoms with van der Waals surface area (Å²) in [5.41, 5.74) is 1.92. The van der Waals surface area contributed by atoms with Crippen LogP contribution in [-0.4, -0.2) is 22.8 Å². The molecule has 0 aliphatic rings. The number of nitrogens with one attached hydrogen (secondary N) is 1. The second-order valence-electron chi connectivity index (χ2n) is 5.22. The highest BCUT2D eigenvalue weighted by molar-refractivity contribution is 5.83.